The third-order valence-corrected chi connectivity index (χ3v) is 3.55. The average molecular weight is 229 g/mol. The highest BCUT2D eigenvalue weighted by molar-refractivity contribution is 5.25. The van der Waals surface area contributed by atoms with E-state index in [1.54, 1.807) is 6.20 Å². The summed E-state index contributed by atoms with van der Waals surface area (Å²) in [5, 5.41) is 8.81. The summed E-state index contributed by atoms with van der Waals surface area (Å²) in [6.07, 6.45) is 4.23. The van der Waals surface area contributed by atoms with E-state index in [2.05, 4.69) is 29.8 Å². The van der Waals surface area contributed by atoms with Gasteiger partial charge < -0.3 is 0 Å². The van der Waals surface area contributed by atoms with E-state index in [0.717, 1.165) is 19.6 Å². The van der Waals surface area contributed by atoms with Gasteiger partial charge in [-0.1, -0.05) is 13.8 Å². The topological polar surface area (TPSA) is 39.9 Å². The van der Waals surface area contributed by atoms with Crippen LogP contribution in [0.5, 0.6) is 0 Å². The molecule has 1 fully saturated rings. The number of likely N-dealkylation sites (tertiary alicyclic amines) is 1. The fraction of sp³-hybridized carbons (Fsp3) is 0.571. The van der Waals surface area contributed by atoms with Gasteiger partial charge in [-0.05, 0) is 49.0 Å². The van der Waals surface area contributed by atoms with E-state index in [1.807, 2.05) is 12.1 Å². The third-order valence-electron chi connectivity index (χ3n) is 3.55. The lowest BCUT2D eigenvalue weighted by atomic mass is 9.82. The first-order valence-corrected chi connectivity index (χ1v) is 6.16. The Morgan fingerprint density at radius 2 is 2.12 bits per heavy atom. The quantitative estimate of drug-likeness (QED) is 0.782. The first-order valence-electron chi connectivity index (χ1n) is 6.16. The highest BCUT2D eigenvalue weighted by Crippen LogP contribution is 2.30. The Hall–Kier alpha value is -1.40. The normalized spacial score (nSPS) is 19.8. The number of aromatic nitrogens is 1. The van der Waals surface area contributed by atoms with Gasteiger partial charge in [0, 0.05) is 12.7 Å². The van der Waals surface area contributed by atoms with Crippen molar-refractivity contribution in [3.8, 4) is 6.07 Å². The van der Waals surface area contributed by atoms with Crippen molar-refractivity contribution in [1.29, 1.82) is 5.26 Å². The summed E-state index contributed by atoms with van der Waals surface area (Å²) in [4.78, 5) is 6.45. The molecular formula is C14H19N3. The minimum absolute atomic E-state index is 0.493. The Morgan fingerprint density at radius 1 is 1.41 bits per heavy atom. The van der Waals surface area contributed by atoms with Gasteiger partial charge in [0.15, 0.2) is 0 Å². The number of piperidine rings is 1. The van der Waals surface area contributed by atoms with Gasteiger partial charge in [0.05, 0.1) is 0 Å². The molecule has 2 heterocycles. The maximum atomic E-state index is 8.81. The van der Waals surface area contributed by atoms with Gasteiger partial charge in [0.1, 0.15) is 11.8 Å². The second-order valence-corrected chi connectivity index (χ2v) is 5.60. The van der Waals surface area contributed by atoms with Gasteiger partial charge >= 0.3 is 0 Å². The molecule has 1 aliphatic rings. The van der Waals surface area contributed by atoms with E-state index >= 15 is 0 Å². The predicted molar refractivity (Wildman–Crippen MR) is 67.2 cm³/mol. The van der Waals surface area contributed by atoms with Gasteiger partial charge in [-0.3, -0.25) is 4.90 Å². The zero-order valence-corrected chi connectivity index (χ0v) is 10.6. The molecule has 0 aromatic carbocycles. The zero-order chi connectivity index (χ0) is 12.3. The number of nitriles is 1. The van der Waals surface area contributed by atoms with Gasteiger partial charge in [-0.25, -0.2) is 4.98 Å². The van der Waals surface area contributed by atoms with Crippen LogP contribution in [0, 0.1) is 16.7 Å². The lowest BCUT2D eigenvalue weighted by Gasteiger charge is -2.36. The lowest BCUT2D eigenvalue weighted by Crippen LogP contribution is -2.36. The minimum Gasteiger partial charge on any atom is -0.299 e. The van der Waals surface area contributed by atoms with Crippen molar-refractivity contribution >= 4 is 0 Å². The van der Waals surface area contributed by atoms with E-state index in [-0.39, 0.29) is 0 Å². The van der Waals surface area contributed by atoms with Crippen LogP contribution in [0.4, 0.5) is 0 Å². The molecule has 1 saturated heterocycles. The molecule has 1 aromatic rings. The first kappa shape index (κ1) is 12.1. The Kier molecular flexibility index (Phi) is 3.44. The van der Waals surface area contributed by atoms with E-state index in [1.165, 1.54) is 18.4 Å². The lowest BCUT2D eigenvalue weighted by molar-refractivity contribution is 0.127. The second-order valence-electron chi connectivity index (χ2n) is 5.60. The molecule has 0 N–H and O–H groups in total. The fourth-order valence-corrected chi connectivity index (χ4v) is 2.21. The molecule has 0 radical (unpaired) electrons. The van der Waals surface area contributed by atoms with Gasteiger partial charge in [0.2, 0.25) is 0 Å². The minimum atomic E-state index is 0.493. The van der Waals surface area contributed by atoms with Gasteiger partial charge in [-0.2, -0.15) is 5.26 Å². The smallest absolute Gasteiger partial charge is 0.140 e. The van der Waals surface area contributed by atoms with Crippen LogP contribution < -0.4 is 0 Å². The number of hydrogen-bond donors (Lipinski definition) is 0. The van der Waals surface area contributed by atoms with E-state index in [0.29, 0.717) is 11.1 Å². The van der Waals surface area contributed by atoms with E-state index < -0.39 is 0 Å². The third kappa shape index (κ3) is 3.28. The number of pyridine rings is 1. The molecule has 0 atom stereocenters. The summed E-state index contributed by atoms with van der Waals surface area (Å²) in [6.45, 7) is 7.91. The van der Waals surface area contributed by atoms with Crippen molar-refractivity contribution in [3.63, 3.8) is 0 Å². The summed E-state index contributed by atoms with van der Waals surface area (Å²) in [5.41, 5.74) is 2.20. The molecule has 3 nitrogen and oxygen atoms in total. The van der Waals surface area contributed by atoms with Crippen molar-refractivity contribution in [2.75, 3.05) is 13.1 Å². The van der Waals surface area contributed by atoms with E-state index in [9.17, 15) is 0 Å². The van der Waals surface area contributed by atoms with Crippen LogP contribution in [0.3, 0.4) is 0 Å². The van der Waals surface area contributed by atoms with Crippen molar-refractivity contribution in [2.45, 2.75) is 33.2 Å². The van der Waals surface area contributed by atoms with Crippen molar-refractivity contribution in [2.24, 2.45) is 5.41 Å². The zero-order valence-electron chi connectivity index (χ0n) is 10.6. The molecule has 0 aliphatic carbocycles. The fourth-order valence-electron chi connectivity index (χ4n) is 2.21. The second kappa shape index (κ2) is 4.85. The van der Waals surface area contributed by atoms with Crippen LogP contribution >= 0.6 is 0 Å². The molecule has 0 amide bonds. The monoisotopic (exact) mass is 229 g/mol. The van der Waals surface area contributed by atoms with Crippen LogP contribution in [0.2, 0.25) is 0 Å². The molecule has 3 heteroatoms. The van der Waals surface area contributed by atoms with Crippen molar-refractivity contribution < 1.29 is 0 Å². The highest BCUT2D eigenvalue weighted by atomic mass is 15.1. The molecule has 1 aliphatic heterocycles. The maximum absolute atomic E-state index is 8.81. The summed E-state index contributed by atoms with van der Waals surface area (Å²) in [7, 11) is 0. The highest BCUT2D eigenvalue weighted by Gasteiger charge is 2.25. The number of hydrogen-bond acceptors (Lipinski definition) is 3. The van der Waals surface area contributed by atoms with Crippen LogP contribution in [0.25, 0.3) is 0 Å². The molecular weight excluding hydrogens is 210 g/mol. The maximum Gasteiger partial charge on any atom is 0.140 e. The Morgan fingerprint density at radius 3 is 2.76 bits per heavy atom. The molecule has 2 rings (SSSR count). The molecule has 0 bridgehead atoms. The number of nitrogens with zero attached hydrogens (tertiary/aromatic N) is 3. The largest absolute Gasteiger partial charge is 0.299 e. The molecule has 17 heavy (non-hydrogen) atoms. The Balaban J connectivity index is 1.96. The van der Waals surface area contributed by atoms with Crippen molar-refractivity contribution in [1.82, 2.24) is 9.88 Å². The average Bonchev–Trinajstić information content (AvgIpc) is 2.32. The van der Waals surface area contributed by atoms with Crippen LogP contribution in [0.1, 0.15) is 37.9 Å². The predicted octanol–water partition coefficient (Wildman–Crippen LogP) is 2.58. The Labute approximate surface area is 103 Å². The molecule has 0 saturated carbocycles. The van der Waals surface area contributed by atoms with Crippen LogP contribution in [-0.2, 0) is 6.54 Å². The molecule has 0 spiro atoms. The van der Waals surface area contributed by atoms with Gasteiger partial charge in [-0.15, -0.1) is 0 Å². The summed E-state index contributed by atoms with van der Waals surface area (Å²) in [5.74, 6) is 0. The van der Waals surface area contributed by atoms with Crippen LogP contribution in [-0.4, -0.2) is 23.0 Å². The van der Waals surface area contributed by atoms with E-state index in [4.69, 9.17) is 5.26 Å². The summed E-state index contributed by atoms with van der Waals surface area (Å²) in [6, 6.07) is 5.98. The molecule has 90 valence electrons. The molecule has 0 unspecified atom stereocenters. The Bertz CT molecular complexity index is 421. The van der Waals surface area contributed by atoms with Crippen LogP contribution in [0.15, 0.2) is 18.3 Å². The summed E-state index contributed by atoms with van der Waals surface area (Å²) >= 11 is 0. The number of rotatable bonds is 2. The SMILES string of the molecule is CC1(C)CCN(Cc2ccnc(C#N)c2)CC1. The molecule has 1 aromatic heterocycles. The van der Waals surface area contributed by atoms with Gasteiger partial charge in [0.25, 0.3) is 0 Å². The standard InChI is InChI=1S/C14H19N3/c1-14(2)4-7-17(8-5-14)11-12-3-6-16-13(9-12)10-15/h3,6,9H,4-5,7-8,11H2,1-2H3. The summed E-state index contributed by atoms with van der Waals surface area (Å²) < 4.78 is 0. The first-order chi connectivity index (χ1) is 8.09. The van der Waals surface area contributed by atoms with Crippen molar-refractivity contribution in [3.05, 3.63) is 29.6 Å².